The van der Waals surface area contributed by atoms with Gasteiger partial charge in [-0.3, -0.25) is 4.79 Å². The van der Waals surface area contributed by atoms with Crippen LogP contribution in [0.1, 0.15) is 32.1 Å². The molecule has 0 bridgehead atoms. The number of nitrogens with zero attached hydrogens (tertiary/aromatic N) is 2. The number of benzene rings is 1. The molecule has 124 valence electrons. The molecule has 0 aromatic heterocycles. The van der Waals surface area contributed by atoms with Crippen LogP contribution in [0.2, 0.25) is 15.1 Å². The Labute approximate surface area is 150 Å². The average Bonchev–Trinajstić information content (AvgIpc) is 2.56. The first kappa shape index (κ1) is 18.2. The minimum absolute atomic E-state index is 0.211. The summed E-state index contributed by atoms with van der Waals surface area (Å²) in [5, 5.41) is 10.4. The third-order valence-corrected chi connectivity index (χ3v) is 5.25. The average molecular weight is 376 g/mol. The number of hydrogen-bond donors (Lipinski definition) is 0. The monoisotopic (exact) mass is 374 g/mol. The summed E-state index contributed by atoms with van der Waals surface area (Å²) in [5.74, 6) is 0.0213. The van der Waals surface area contributed by atoms with Crippen LogP contribution in [-0.2, 0) is 4.79 Å². The maximum atomic E-state index is 12.4. The second-order valence-corrected chi connectivity index (χ2v) is 6.86. The second-order valence-electron chi connectivity index (χ2n) is 5.64. The highest BCUT2D eigenvalue weighted by atomic mass is 35.5. The van der Waals surface area contributed by atoms with Crippen molar-refractivity contribution < 1.29 is 9.53 Å². The van der Waals surface area contributed by atoms with Gasteiger partial charge in [0.1, 0.15) is 11.3 Å². The molecule has 1 aromatic rings. The van der Waals surface area contributed by atoms with E-state index in [1.54, 1.807) is 7.05 Å². The van der Waals surface area contributed by atoms with Gasteiger partial charge in [-0.25, -0.2) is 0 Å². The lowest BCUT2D eigenvalue weighted by Gasteiger charge is -2.38. The summed E-state index contributed by atoms with van der Waals surface area (Å²) < 4.78 is 5.46. The van der Waals surface area contributed by atoms with Crippen molar-refractivity contribution in [3.63, 3.8) is 0 Å². The van der Waals surface area contributed by atoms with Gasteiger partial charge < -0.3 is 9.64 Å². The van der Waals surface area contributed by atoms with Gasteiger partial charge in [-0.15, -0.1) is 0 Å². The van der Waals surface area contributed by atoms with E-state index in [1.165, 1.54) is 17.0 Å². The molecule has 0 spiro atoms. The van der Waals surface area contributed by atoms with Gasteiger partial charge in [0.05, 0.1) is 21.1 Å². The number of nitriles is 1. The molecule has 1 amide bonds. The molecule has 0 N–H and O–H groups in total. The van der Waals surface area contributed by atoms with Crippen molar-refractivity contribution in [1.82, 2.24) is 4.90 Å². The topological polar surface area (TPSA) is 53.3 Å². The molecular weight excluding hydrogens is 359 g/mol. The van der Waals surface area contributed by atoms with E-state index in [4.69, 9.17) is 39.5 Å². The van der Waals surface area contributed by atoms with Gasteiger partial charge in [0, 0.05) is 13.1 Å². The Morgan fingerprint density at radius 3 is 2.43 bits per heavy atom. The predicted octanol–water partition coefficient (Wildman–Crippen LogP) is 4.71. The maximum Gasteiger partial charge on any atom is 0.261 e. The number of amides is 1. The van der Waals surface area contributed by atoms with Gasteiger partial charge in [-0.05, 0) is 18.9 Å². The Balaban J connectivity index is 2.04. The molecule has 1 aliphatic rings. The Hall–Kier alpha value is -1.15. The first-order valence-electron chi connectivity index (χ1n) is 7.35. The van der Waals surface area contributed by atoms with E-state index >= 15 is 0 Å². The minimum atomic E-state index is -0.736. The van der Waals surface area contributed by atoms with Crippen molar-refractivity contribution in [3.05, 3.63) is 27.2 Å². The van der Waals surface area contributed by atoms with Crippen molar-refractivity contribution in [2.75, 3.05) is 13.7 Å². The van der Waals surface area contributed by atoms with Gasteiger partial charge in [-0.2, -0.15) is 5.26 Å². The van der Waals surface area contributed by atoms with E-state index in [2.05, 4.69) is 6.07 Å². The first-order chi connectivity index (χ1) is 10.9. The summed E-state index contributed by atoms with van der Waals surface area (Å²) in [6.07, 6.45) is 4.38. The molecule has 0 aliphatic heterocycles. The Kier molecular flexibility index (Phi) is 6.02. The molecule has 0 atom stereocenters. The van der Waals surface area contributed by atoms with Crippen LogP contribution >= 0.6 is 34.8 Å². The molecule has 1 aliphatic carbocycles. The quantitative estimate of drug-likeness (QED) is 0.716. The number of hydrogen-bond acceptors (Lipinski definition) is 3. The normalized spacial score (nSPS) is 16.5. The van der Waals surface area contributed by atoms with Crippen molar-refractivity contribution >= 4 is 40.7 Å². The number of rotatable bonds is 4. The number of carbonyl (C=O) groups is 1. The lowest BCUT2D eigenvalue weighted by Crippen LogP contribution is -2.51. The van der Waals surface area contributed by atoms with Gasteiger partial charge in [0.15, 0.2) is 6.61 Å². The summed E-state index contributed by atoms with van der Waals surface area (Å²) in [6, 6.07) is 5.25. The number of carbonyl (C=O) groups excluding carboxylic acids is 1. The third-order valence-electron chi connectivity index (χ3n) is 4.23. The highest BCUT2D eigenvalue weighted by molar-refractivity contribution is 6.43. The van der Waals surface area contributed by atoms with Gasteiger partial charge >= 0.3 is 0 Å². The SMILES string of the molecule is CN(C(=O)COc1cc(Cl)c(Cl)cc1Cl)C1(C#N)CCCCC1. The van der Waals surface area contributed by atoms with E-state index in [0.29, 0.717) is 22.9 Å². The number of likely N-dealkylation sites (N-methyl/N-ethyl adjacent to an activating group) is 1. The van der Waals surface area contributed by atoms with E-state index in [9.17, 15) is 10.1 Å². The third kappa shape index (κ3) is 4.03. The summed E-state index contributed by atoms with van der Waals surface area (Å²) in [7, 11) is 1.65. The van der Waals surface area contributed by atoms with Crippen LogP contribution in [0.25, 0.3) is 0 Å². The molecular formula is C16H17Cl3N2O2. The molecule has 0 saturated heterocycles. The minimum Gasteiger partial charge on any atom is -0.482 e. The maximum absolute atomic E-state index is 12.4. The fraction of sp³-hybridized carbons (Fsp3) is 0.500. The number of halogens is 3. The van der Waals surface area contributed by atoms with Crippen LogP contribution in [0.5, 0.6) is 5.75 Å². The van der Waals surface area contributed by atoms with Crippen molar-refractivity contribution in [1.29, 1.82) is 5.26 Å². The lowest BCUT2D eigenvalue weighted by atomic mass is 9.81. The van der Waals surface area contributed by atoms with Crippen LogP contribution in [0.3, 0.4) is 0 Å². The standard InChI is InChI=1S/C16H17Cl3N2O2/c1-21(16(10-20)5-3-2-4-6-16)15(22)9-23-14-8-12(18)11(17)7-13(14)19/h7-8H,2-6,9H2,1H3. The Bertz CT molecular complexity index is 637. The first-order valence-corrected chi connectivity index (χ1v) is 8.48. The van der Waals surface area contributed by atoms with Crippen LogP contribution in [0.15, 0.2) is 12.1 Å². The summed E-state index contributed by atoms with van der Waals surface area (Å²) in [4.78, 5) is 13.9. The highest BCUT2D eigenvalue weighted by Gasteiger charge is 2.38. The number of ether oxygens (including phenoxy) is 1. The molecule has 0 unspecified atom stereocenters. The zero-order valence-corrected chi connectivity index (χ0v) is 15.0. The zero-order chi connectivity index (χ0) is 17.0. The van der Waals surface area contributed by atoms with Crippen molar-refractivity contribution in [2.45, 2.75) is 37.6 Å². The fourth-order valence-electron chi connectivity index (χ4n) is 2.75. The molecule has 23 heavy (non-hydrogen) atoms. The predicted molar refractivity (Wildman–Crippen MR) is 91.2 cm³/mol. The zero-order valence-electron chi connectivity index (χ0n) is 12.7. The van der Waals surface area contributed by atoms with E-state index < -0.39 is 5.54 Å². The van der Waals surface area contributed by atoms with Crippen LogP contribution in [0, 0.1) is 11.3 Å². The molecule has 1 aromatic carbocycles. The van der Waals surface area contributed by atoms with E-state index in [1.807, 2.05) is 0 Å². The molecule has 2 rings (SSSR count). The van der Waals surface area contributed by atoms with Crippen LogP contribution in [-0.4, -0.2) is 30.0 Å². The van der Waals surface area contributed by atoms with Crippen molar-refractivity contribution in [3.8, 4) is 11.8 Å². The van der Waals surface area contributed by atoms with Crippen LogP contribution in [0.4, 0.5) is 0 Å². The molecule has 0 heterocycles. The smallest absolute Gasteiger partial charge is 0.261 e. The van der Waals surface area contributed by atoms with Gasteiger partial charge in [0.2, 0.25) is 0 Å². The molecule has 4 nitrogen and oxygen atoms in total. The summed E-state index contributed by atoms with van der Waals surface area (Å²) >= 11 is 17.8. The molecule has 1 fully saturated rings. The summed E-state index contributed by atoms with van der Waals surface area (Å²) in [5.41, 5.74) is -0.736. The van der Waals surface area contributed by atoms with E-state index in [0.717, 1.165) is 19.3 Å². The molecule has 7 heteroatoms. The van der Waals surface area contributed by atoms with Gasteiger partial charge in [0.25, 0.3) is 5.91 Å². The summed E-state index contributed by atoms with van der Waals surface area (Å²) in [6.45, 7) is -0.211. The highest BCUT2D eigenvalue weighted by Crippen LogP contribution is 2.35. The molecule has 1 saturated carbocycles. The van der Waals surface area contributed by atoms with Gasteiger partial charge in [-0.1, -0.05) is 54.1 Å². The van der Waals surface area contributed by atoms with Crippen LogP contribution < -0.4 is 4.74 Å². The largest absolute Gasteiger partial charge is 0.482 e. The fourth-order valence-corrected chi connectivity index (χ4v) is 3.34. The van der Waals surface area contributed by atoms with E-state index in [-0.39, 0.29) is 23.3 Å². The Morgan fingerprint density at radius 1 is 1.22 bits per heavy atom. The van der Waals surface area contributed by atoms with Crippen molar-refractivity contribution in [2.24, 2.45) is 0 Å². The Morgan fingerprint density at radius 2 is 1.83 bits per heavy atom. The lowest BCUT2D eigenvalue weighted by molar-refractivity contribution is -0.137. The molecule has 0 radical (unpaired) electrons. The second kappa shape index (κ2) is 7.61.